The van der Waals surface area contributed by atoms with Crippen molar-refractivity contribution in [2.24, 2.45) is 0 Å². The lowest BCUT2D eigenvalue weighted by atomic mass is 9.96. The SMILES string of the molecule is O=C(OC1CCCCC1=O)c1ccc(Cl)c(S(=O)(=O)NCc2ccccc2)c1. The number of hydrogen-bond donors (Lipinski definition) is 1. The summed E-state index contributed by atoms with van der Waals surface area (Å²) in [6.45, 7) is 0.0880. The van der Waals surface area contributed by atoms with Gasteiger partial charge < -0.3 is 4.74 Å². The summed E-state index contributed by atoms with van der Waals surface area (Å²) in [5.41, 5.74) is 0.816. The van der Waals surface area contributed by atoms with Crippen molar-refractivity contribution in [3.05, 3.63) is 64.7 Å². The van der Waals surface area contributed by atoms with Crippen LogP contribution in [0.3, 0.4) is 0 Å². The van der Waals surface area contributed by atoms with Gasteiger partial charge in [0.25, 0.3) is 0 Å². The Morgan fingerprint density at radius 2 is 1.89 bits per heavy atom. The van der Waals surface area contributed by atoms with E-state index in [1.165, 1.54) is 18.2 Å². The second-order valence-electron chi connectivity index (χ2n) is 6.56. The molecule has 6 nitrogen and oxygen atoms in total. The third-order valence-electron chi connectivity index (χ3n) is 4.51. The summed E-state index contributed by atoms with van der Waals surface area (Å²) in [4.78, 5) is 24.0. The maximum Gasteiger partial charge on any atom is 0.338 e. The lowest BCUT2D eigenvalue weighted by molar-refractivity contribution is -0.129. The van der Waals surface area contributed by atoms with Crippen LogP contribution in [0.1, 0.15) is 41.6 Å². The second-order valence-corrected chi connectivity index (χ2v) is 8.70. The van der Waals surface area contributed by atoms with Crippen molar-refractivity contribution >= 4 is 33.4 Å². The van der Waals surface area contributed by atoms with Gasteiger partial charge in [-0.3, -0.25) is 4.79 Å². The number of rotatable bonds is 6. The number of hydrogen-bond acceptors (Lipinski definition) is 5. The first kappa shape index (κ1) is 20.5. The minimum Gasteiger partial charge on any atom is -0.451 e. The molecule has 0 aromatic heterocycles. The summed E-state index contributed by atoms with van der Waals surface area (Å²) in [5.74, 6) is -0.845. The first-order chi connectivity index (χ1) is 13.4. The predicted molar refractivity (Wildman–Crippen MR) is 105 cm³/mol. The molecule has 28 heavy (non-hydrogen) atoms. The molecule has 0 amide bonds. The van der Waals surface area contributed by atoms with E-state index in [1.54, 1.807) is 24.3 Å². The van der Waals surface area contributed by atoms with E-state index < -0.39 is 22.1 Å². The Balaban J connectivity index is 1.76. The molecule has 0 bridgehead atoms. The summed E-state index contributed by atoms with van der Waals surface area (Å²) in [6.07, 6.45) is 1.72. The number of Topliss-reactive ketones (excluding diaryl/α,β-unsaturated/α-hetero) is 1. The van der Waals surface area contributed by atoms with Crippen LogP contribution in [0.15, 0.2) is 53.4 Å². The minimum atomic E-state index is -3.95. The standard InChI is InChI=1S/C20H20ClNO5S/c21-16-11-10-15(20(24)27-18-9-5-4-8-17(18)23)12-19(16)28(25,26)22-13-14-6-2-1-3-7-14/h1-3,6-7,10-12,18,22H,4-5,8-9,13H2. The zero-order valence-corrected chi connectivity index (χ0v) is 16.6. The highest BCUT2D eigenvalue weighted by Crippen LogP contribution is 2.25. The maximum atomic E-state index is 12.6. The van der Waals surface area contributed by atoms with Crippen molar-refractivity contribution in [2.75, 3.05) is 0 Å². The minimum absolute atomic E-state index is 0.00847. The highest BCUT2D eigenvalue weighted by atomic mass is 35.5. The van der Waals surface area contributed by atoms with E-state index in [0.717, 1.165) is 18.4 Å². The third kappa shape index (κ3) is 4.98. The van der Waals surface area contributed by atoms with Crippen LogP contribution in [0.2, 0.25) is 5.02 Å². The Bertz CT molecular complexity index is 975. The van der Waals surface area contributed by atoms with Gasteiger partial charge in [-0.05, 0) is 43.0 Å². The molecule has 1 unspecified atom stereocenters. The summed E-state index contributed by atoms with van der Waals surface area (Å²) >= 11 is 6.06. The fourth-order valence-electron chi connectivity index (χ4n) is 2.96. The Morgan fingerprint density at radius 1 is 1.14 bits per heavy atom. The van der Waals surface area contributed by atoms with Crippen LogP contribution < -0.4 is 4.72 Å². The van der Waals surface area contributed by atoms with E-state index >= 15 is 0 Å². The van der Waals surface area contributed by atoms with Crippen LogP contribution in [0.4, 0.5) is 0 Å². The quantitative estimate of drug-likeness (QED) is 0.721. The molecule has 2 aromatic rings. The van der Waals surface area contributed by atoms with E-state index in [9.17, 15) is 18.0 Å². The van der Waals surface area contributed by atoms with Crippen LogP contribution in [-0.2, 0) is 26.1 Å². The van der Waals surface area contributed by atoms with Crippen LogP contribution in [0.5, 0.6) is 0 Å². The van der Waals surface area contributed by atoms with Gasteiger partial charge in [-0.1, -0.05) is 41.9 Å². The normalized spacial score (nSPS) is 17.3. The predicted octanol–water partition coefficient (Wildman–Crippen LogP) is 3.49. The molecular weight excluding hydrogens is 402 g/mol. The number of esters is 1. The fourth-order valence-corrected chi connectivity index (χ4v) is 4.50. The molecule has 0 aliphatic heterocycles. The van der Waals surface area contributed by atoms with Gasteiger partial charge in [0, 0.05) is 13.0 Å². The third-order valence-corrected chi connectivity index (χ3v) is 6.40. The molecule has 1 atom stereocenters. The maximum absolute atomic E-state index is 12.6. The monoisotopic (exact) mass is 421 g/mol. The molecule has 3 rings (SSSR count). The molecule has 2 aromatic carbocycles. The highest BCUT2D eigenvalue weighted by molar-refractivity contribution is 7.89. The second kappa shape index (κ2) is 8.86. The fraction of sp³-hybridized carbons (Fsp3) is 0.300. The zero-order valence-electron chi connectivity index (χ0n) is 15.1. The topological polar surface area (TPSA) is 89.5 Å². The van der Waals surface area contributed by atoms with Gasteiger partial charge in [0.05, 0.1) is 10.6 Å². The molecular formula is C20H20ClNO5S. The number of sulfonamides is 1. The Hall–Kier alpha value is -2.22. The Morgan fingerprint density at radius 3 is 2.61 bits per heavy atom. The lowest BCUT2D eigenvalue weighted by Gasteiger charge is -2.20. The molecule has 1 saturated carbocycles. The number of benzene rings is 2. The van der Waals surface area contributed by atoms with Gasteiger partial charge >= 0.3 is 5.97 Å². The van der Waals surface area contributed by atoms with Gasteiger partial charge in [-0.2, -0.15) is 0 Å². The van der Waals surface area contributed by atoms with Crippen LogP contribution in [-0.4, -0.2) is 26.3 Å². The number of carbonyl (C=O) groups excluding carboxylic acids is 2. The number of halogens is 1. The molecule has 0 spiro atoms. The number of carbonyl (C=O) groups is 2. The van der Waals surface area contributed by atoms with Gasteiger partial charge in [-0.25, -0.2) is 17.9 Å². The number of nitrogens with one attached hydrogen (secondary N) is 1. The summed E-state index contributed by atoms with van der Waals surface area (Å²) < 4.78 is 33.0. The smallest absolute Gasteiger partial charge is 0.338 e. The first-order valence-corrected chi connectivity index (χ1v) is 10.8. The van der Waals surface area contributed by atoms with Crippen molar-refractivity contribution in [1.82, 2.24) is 4.72 Å². The molecule has 1 aliphatic rings. The van der Waals surface area contributed by atoms with Crippen LogP contribution in [0.25, 0.3) is 0 Å². The molecule has 1 aliphatic carbocycles. The van der Waals surface area contributed by atoms with E-state index in [-0.39, 0.29) is 27.8 Å². The van der Waals surface area contributed by atoms with Crippen LogP contribution in [0, 0.1) is 0 Å². The van der Waals surface area contributed by atoms with Crippen molar-refractivity contribution in [3.63, 3.8) is 0 Å². The van der Waals surface area contributed by atoms with E-state index in [2.05, 4.69) is 4.72 Å². The Labute approximate surface area is 168 Å². The molecule has 0 radical (unpaired) electrons. The molecule has 8 heteroatoms. The molecule has 148 valence electrons. The molecule has 0 saturated heterocycles. The van der Waals surface area contributed by atoms with Gasteiger partial charge in [0.15, 0.2) is 11.9 Å². The molecule has 1 fully saturated rings. The number of ether oxygens (including phenoxy) is 1. The van der Waals surface area contributed by atoms with E-state index in [4.69, 9.17) is 16.3 Å². The summed E-state index contributed by atoms with van der Waals surface area (Å²) in [7, 11) is -3.95. The van der Waals surface area contributed by atoms with Gasteiger partial charge in [-0.15, -0.1) is 0 Å². The van der Waals surface area contributed by atoms with Crippen molar-refractivity contribution < 1.29 is 22.7 Å². The van der Waals surface area contributed by atoms with Crippen molar-refractivity contribution in [2.45, 2.75) is 43.2 Å². The van der Waals surface area contributed by atoms with Gasteiger partial charge in [0.2, 0.25) is 10.0 Å². The van der Waals surface area contributed by atoms with Crippen molar-refractivity contribution in [3.8, 4) is 0 Å². The highest BCUT2D eigenvalue weighted by Gasteiger charge is 2.27. The molecule has 1 N–H and O–H groups in total. The average Bonchev–Trinajstić information content (AvgIpc) is 2.69. The lowest BCUT2D eigenvalue weighted by Crippen LogP contribution is -2.30. The zero-order chi connectivity index (χ0) is 20.1. The first-order valence-electron chi connectivity index (χ1n) is 8.93. The van der Waals surface area contributed by atoms with Gasteiger partial charge in [0.1, 0.15) is 4.90 Å². The van der Waals surface area contributed by atoms with E-state index in [0.29, 0.717) is 12.8 Å². The summed E-state index contributed by atoms with van der Waals surface area (Å²) in [5, 5.41) is -0.00847. The Kier molecular flexibility index (Phi) is 6.49. The molecule has 0 heterocycles. The average molecular weight is 422 g/mol. The van der Waals surface area contributed by atoms with Crippen LogP contribution >= 0.6 is 11.6 Å². The summed E-state index contributed by atoms with van der Waals surface area (Å²) in [6, 6.07) is 12.9. The largest absolute Gasteiger partial charge is 0.451 e. The number of ketones is 1. The van der Waals surface area contributed by atoms with E-state index in [1.807, 2.05) is 6.07 Å². The van der Waals surface area contributed by atoms with Crippen molar-refractivity contribution in [1.29, 1.82) is 0 Å².